The number of halogens is 3. The van der Waals surface area contributed by atoms with Crippen LogP contribution in [0.1, 0.15) is 29.9 Å². The highest BCUT2D eigenvalue weighted by atomic mass is 19.4. The van der Waals surface area contributed by atoms with Crippen LogP contribution in [0.2, 0.25) is 0 Å². The number of pyridine rings is 1. The lowest BCUT2D eigenvalue weighted by molar-refractivity contribution is -0.138. The van der Waals surface area contributed by atoms with Gasteiger partial charge in [-0.2, -0.15) is 18.3 Å². The Labute approximate surface area is 107 Å². The van der Waals surface area contributed by atoms with E-state index in [-0.39, 0.29) is 5.56 Å². The van der Waals surface area contributed by atoms with Gasteiger partial charge in [0, 0.05) is 18.0 Å². The molecule has 0 radical (unpaired) electrons. The fourth-order valence-electron chi connectivity index (χ4n) is 1.81. The summed E-state index contributed by atoms with van der Waals surface area (Å²) in [5.74, 6) is 0.320. The SMILES string of the molecule is CCNC(c1ncn[nH]1)c1cnccc1C(F)(F)F. The minimum absolute atomic E-state index is 0.0219. The summed E-state index contributed by atoms with van der Waals surface area (Å²) in [5, 5.41) is 9.19. The highest BCUT2D eigenvalue weighted by molar-refractivity contribution is 5.32. The molecule has 0 aliphatic rings. The average molecular weight is 271 g/mol. The summed E-state index contributed by atoms with van der Waals surface area (Å²) in [5.41, 5.74) is -0.710. The molecule has 2 heterocycles. The topological polar surface area (TPSA) is 66.5 Å². The zero-order valence-corrected chi connectivity index (χ0v) is 10.1. The molecule has 0 bridgehead atoms. The van der Waals surface area contributed by atoms with E-state index in [9.17, 15) is 13.2 Å². The monoisotopic (exact) mass is 271 g/mol. The Balaban J connectivity index is 2.48. The number of rotatable bonds is 4. The molecule has 2 rings (SSSR count). The fraction of sp³-hybridized carbons (Fsp3) is 0.364. The first-order chi connectivity index (χ1) is 9.04. The van der Waals surface area contributed by atoms with Crippen LogP contribution >= 0.6 is 0 Å². The number of aromatic nitrogens is 4. The quantitative estimate of drug-likeness (QED) is 0.891. The number of H-pyrrole nitrogens is 1. The van der Waals surface area contributed by atoms with E-state index in [0.29, 0.717) is 12.4 Å². The molecular formula is C11H12F3N5. The molecule has 0 spiro atoms. The van der Waals surface area contributed by atoms with E-state index in [1.807, 2.05) is 0 Å². The summed E-state index contributed by atoms with van der Waals surface area (Å²) in [7, 11) is 0. The van der Waals surface area contributed by atoms with Gasteiger partial charge in [0.05, 0.1) is 11.6 Å². The number of alkyl halides is 3. The molecule has 5 nitrogen and oxygen atoms in total. The van der Waals surface area contributed by atoms with Crippen LogP contribution in [0.3, 0.4) is 0 Å². The minimum atomic E-state index is -4.44. The molecule has 2 N–H and O–H groups in total. The van der Waals surface area contributed by atoms with Crippen molar-refractivity contribution < 1.29 is 13.2 Å². The molecule has 0 aliphatic heterocycles. The second kappa shape index (κ2) is 5.35. The molecule has 102 valence electrons. The number of hydrogen-bond acceptors (Lipinski definition) is 4. The van der Waals surface area contributed by atoms with E-state index in [2.05, 4.69) is 25.5 Å². The zero-order valence-electron chi connectivity index (χ0n) is 10.1. The van der Waals surface area contributed by atoms with Gasteiger partial charge in [-0.3, -0.25) is 10.1 Å². The van der Waals surface area contributed by atoms with Crippen molar-refractivity contribution >= 4 is 0 Å². The number of nitrogens with one attached hydrogen (secondary N) is 2. The predicted molar refractivity (Wildman–Crippen MR) is 61.1 cm³/mol. The maximum Gasteiger partial charge on any atom is 0.416 e. The standard InChI is InChI=1S/C11H12F3N5/c1-2-16-9(10-17-6-18-19-10)7-5-15-4-3-8(7)11(12,13)14/h3-6,9,16H,2H2,1H3,(H,17,18,19). The summed E-state index contributed by atoms with van der Waals surface area (Å²) in [6.45, 7) is 2.28. The van der Waals surface area contributed by atoms with Crippen LogP contribution in [0.5, 0.6) is 0 Å². The largest absolute Gasteiger partial charge is 0.416 e. The lowest BCUT2D eigenvalue weighted by Gasteiger charge is -2.19. The van der Waals surface area contributed by atoms with Crippen LogP contribution in [0.4, 0.5) is 13.2 Å². The third kappa shape index (κ3) is 2.90. The molecule has 2 aromatic heterocycles. The van der Waals surface area contributed by atoms with Gasteiger partial charge in [-0.25, -0.2) is 4.98 Å². The van der Waals surface area contributed by atoms with Crippen molar-refractivity contribution in [1.29, 1.82) is 0 Å². The summed E-state index contributed by atoms with van der Waals surface area (Å²) < 4.78 is 39.0. The molecule has 0 aromatic carbocycles. The Bertz CT molecular complexity index is 523. The number of aromatic amines is 1. The third-order valence-corrected chi connectivity index (χ3v) is 2.58. The van der Waals surface area contributed by atoms with E-state index >= 15 is 0 Å². The maximum atomic E-state index is 13.0. The highest BCUT2D eigenvalue weighted by Gasteiger charge is 2.36. The smallest absolute Gasteiger partial charge is 0.304 e. The van der Waals surface area contributed by atoms with E-state index in [0.717, 1.165) is 12.3 Å². The van der Waals surface area contributed by atoms with Gasteiger partial charge in [-0.15, -0.1) is 0 Å². The van der Waals surface area contributed by atoms with Crippen LogP contribution in [-0.2, 0) is 6.18 Å². The predicted octanol–water partition coefficient (Wildman–Crippen LogP) is 1.92. The first-order valence-electron chi connectivity index (χ1n) is 5.63. The van der Waals surface area contributed by atoms with Gasteiger partial charge in [-0.05, 0) is 12.6 Å². The Hall–Kier alpha value is -1.96. The molecule has 0 fully saturated rings. The van der Waals surface area contributed by atoms with Gasteiger partial charge in [0.25, 0.3) is 0 Å². The van der Waals surface area contributed by atoms with Crippen molar-refractivity contribution in [2.24, 2.45) is 0 Å². The summed E-state index contributed by atoms with van der Waals surface area (Å²) in [6, 6.07) is 0.230. The molecule has 8 heteroatoms. The number of nitrogens with zero attached hydrogens (tertiary/aromatic N) is 3. The fourth-order valence-corrected chi connectivity index (χ4v) is 1.81. The van der Waals surface area contributed by atoms with Crippen molar-refractivity contribution in [1.82, 2.24) is 25.5 Å². The second-order valence-electron chi connectivity index (χ2n) is 3.82. The summed E-state index contributed by atoms with van der Waals surface area (Å²) in [6.07, 6.45) is -0.871. The maximum absolute atomic E-state index is 13.0. The van der Waals surface area contributed by atoms with Gasteiger partial charge < -0.3 is 5.32 Å². The first kappa shape index (κ1) is 13.5. The van der Waals surface area contributed by atoms with E-state index in [1.54, 1.807) is 6.92 Å². The summed E-state index contributed by atoms with van der Waals surface area (Å²) >= 11 is 0. The highest BCUT2D eigenvalue weighted by Crippen LogP contribution is 2.35. The van der Waals surface area contributed by atoms with E-state index < -0.39 is 17.8 Å². The van der Waals surface area contributed by atoms with Crippen LogP contribution < -0.4 is 5.32 Å². The third-order valence-electron chi connectivity index (χ3n) is 2.58. The lowest BCUT2D eigenvalue weighted by Crippen LogP contribution is -2.26. The summed E-state index contributed by atoms with van der Waals surface area (Å²) in [4.78, 5) is 7.68. The Kier molecular flexibility index (Phi) is 3.79. The lowest BCUT2D eigenvalue weighted by atomic mass is 10.0. The Morgan fingerprint density at radius 1 is 1.42 bits per heavy atom. The van der Waals surface area contributed by atoms with Gasteiger partial charge in [0.1, 0.15) is 12.2 Å². The molecule has 2 aromatic rings. The van der Waals surface area contributed by atoms with Crippen molar-refractivity contribution in [2.75, 3.05) is 6.54 Å². The van der Waals surface area contributed by atoms with Crippen molar-refractivity contribution in [2.45, 2.75) is 19.1 Å². The number of hydrogen-bond donors (Lipinski definition) is 2. The molecular weight excluding hydrogens is 259 g/mol. The van der Waals surface area contributed by atoms with E-state index in [4.69, 9.17) is 0 Å². The molecule has 1 atom stereocenters. The molecule has 0 amide bonds. The average Bonchev–Trinajstić information content (AvgIpc) is 2.88. The molecule has 1 unspecified atom stereocenters. The van der Waals surface area contributed by atoms with Crippen molar-refractivity contribution in [3.05, 3.63) is 41.7 Å². The van der Waals surface area contributed by atoms with Gasteiger partial charge in [-0.1, -0.05) is 6.92 Å². The van der Waals surface area contributed by atoms with Crippen LogP contribution in [0.25, 0.3) is 0 Å². The van der Waals surface area contributed by atoms with Crippen LogP contribution in [0, 0.1) is 0 Å². The van der Waals surface area contributed by atoms with Gasteiger partial charge in [0.2, 0.25) is 0 Å². The molecule has 19 heavy (non-hydrogen) atoms. The van der Waals surface area contributed by atoms with E-state index in [1.165, 1.54) is 12.5 Å². The van der Waals surface area contributed by atoms with Crippen molar-refractivity contribution in [3.63, 3.8) is 0 Å². The molecule has 0 saturated heterocycles. The van der Waals surface area contributed by atoms with Gasteiger partial charge >= 0.3 is 6.18 Å². The normalized spacial score (nSPS) is 13.5. The van der Waals surface area contributed by atoms with Crippen molar-refractivity contribution in [3.8, 4) is 0 Å². The molecule has 0 saturated carbocycles. The molecule has 0 aliphatic carbocycles. The van der Waals surface area contributed by atoms with Crippen LogP contribution in [-0.4, -0.2) is 26.7 Å². The second-order valence-corrected chi connectivity index (χ2v) is 3.82. The Morgan fingerprint density at radius 2 is 2.21 bits per heavy atom. The van der Waals surface area contributed by atoms with Gasteiger partial charge in [0.15, 0.2) is 0 Å². The first-order valence-corrected chi connectivity index (χ1v) is 5.63. The Morgan fingerprint density at radius 3 is 2.79 bits per heavy atom. The van der Waals surface area contributed by atoms with Crippen LogP contribution in [0.15, 0.2) is 24.8 Å². The minimum Gasteiger partial charge on any atom is -0.304 e. The zero-order chi connectivity index (χ0) is 13.9.